The molecule has 37 heavy (non-hydrogen) atoms. The number of amides is 1. The summed E-state index contributed by atoms with van der Waals surface area (Å²) in [5.74, 6) is 0.850. The first-order chi connectivity index (χ1) is 17.5. The minimum Gasteiger partial charge on any atom is -0.378 e. The zero-order chi connectivity index (χ0) is 27.7. The number of rotatable bonds is 13. The molecular weight excluding hydrogens is 488 g/mol. The largest absolute Gasteiger partial charge is 0.378 e. The van der Waals surface area contributed by atoms with Crippen LogP contribution in [0.25, 0.3) is 0 Å². The number of nitrogens with one attached hydrogen (secondary N) is 3. The minimum atomic E-state index is -0.390. The first-order valence-corrected chi connectivity index (χ1v) is 14.1. The molecule has 1 aliphatic carbocycles. The number of nitrogens with zero attached hydrogens (tertiary/aromatic N) is 3. The summed E-state index contributed by atoms with van der Waals surface area (Å²) in [4.78, 5) is 28.5. The molecule has 1 aromatic rings. The molecule has 1 saturated carbocycles. The Morgan fingerprint density at radius 2 is 1.92 bits per heavy atom. The van der Waals surface area contributed by atoms with Gasteiger partial charge >= 0.3 is 5.00 Å². The average Bonchev–Trinajstić information content (AvgIpc) is 3.36. The highest BCUT2D eigenvalue weighted by Crippen LogP contribution is 2.32. The first kappa shape index (κ1) is 30.5. The summed E-state index contributed by atoms with van der Waals surface area (Å²) in [7, 11) is 1.96. The molecule has 206 valence electrons. The van der Waals surface area contributed by atoms with Crippen LogP contribution in [0, 0.1) is 32.8 Å². The molecule has 1 heterocycles. The zero-order valence-corrected chi connectivity index (χ0v) is 23.8. The van der Waals surface area contributed by atoms with Crippen LogP contribution in [0.1, 0.15) is 90.0 Å². The van der Waals surface area contributed by atoms with E-state index in [0.717, 1.165) is 54.0 Å². The van der Waals surface area contributed by atoms with Crippen LogP contribution in [0.5, 0.6) is 0 Å². The number of hydrogen-bond donors (Lipinski definition) is 3. The van der Waals surface area contributed by atoms with Gasteiger partial charge in [-0.2, -0.15) is 0 Å². The predicted octanol–water partition coefficient (Wildman–Crippen LogP) is 6.33. The van der Waals surface area contributed by atoms with E-state index in [-0.39, 0.29) is 34.8 Å². The number of amidine groups is 2. The second kappa shape index (κ2) is 14.3. The fourth-order valence-corrected chi connectivity index (χ4v) is 5.73. The molecule has 1 fully saturated rings. The van der Waals surface area contributed by atoms with Crippen molar-refractivity contribution in [2.24, 2.45) is 11.8 Å². The fraction of sp³-hybridized carbons (Fsp3) is 0.667. The molecule has 2 atom stereocenters. The monoisotopic (exact) mass is 532 g/mol. The number of nitro groups is 1. The van der Waals surface area contributed by atoms with E-state index in [1.165, 1.54) is 12.5 Å². The second-order valence-electron chi connectivity index (χ2n) is 10.4. The van der Waals surface area contributed by atoms with Crippen molar-refractivity contribution < 1.29 is 9.72 Å². The van der Waals surface area contributed by atoms with Gasteiger partial charge in [-0.1, -0.05) is 57.9 Å². The van der Waals surface area contributed by atoms with Crippen molar-refractivity contribution in [3.63, 3.8) is 0 Å². The predicted molar refractivity (Wildman–Crippen MR) is 151 cm³/mol. The van der Waals surface area contributed by atoms with Crippen LogP contribution in [0.2, 0.25) is 0 Å². The van der Waals surface area contributed by atoms with E-state index in [1.807, 2.05) is 20.9 Å². The lowest BCUT2D eigenvalue weighted by Crippen LogP contribution is -2.45. The van der Waals surface area contributed by atoms with Crippen LogP contribution < -0.4 is 5.32 Å². The van der Waals surface area contributed by atoms with Gasteiger partial charge in [0, 0.05) is 54.5 Å². The van der Waals surface area contributed by atoms with Crippen molar-refractivity contribution in [2.45, 2.75) is 91.1 Å². The Bertz CT molecular complexity index is 969. The van der Waals surface area contributed by atoms with E-state index >= 15 is 0 Å². The van der Waals surface area contributed by atoms with E-state index in [2.05, 4.69) is 23.7 Å². The minimum absolute atomic E-state index is 0.0100. The van der Waals surface area contributed by atoms with Gasteiger partial charge < -0.3 is 15.1 Å². The van der Waals surface area contributed by atoms with Gasteiger partial charge in [0.1, 0.15) is 5.84 Å². The van der Waals surface area contributed by atoms with Crippen molar-refractivity contribution in [1.82, 2.24) is 15.1 Å². The normalized spacial score (nSPS) is 15.6. The molecule has 3 N–H and O–H groups in total. The SMILES string of the molecule is C=C(CC(CC)N(C(C)=N)C(=N)C(C)C)N(C)CCC(NC(=O)C1CCCCC1)c1ccc([N+](=O)[O-])s1. The van der Waals surface area contributed by atoms with Gasteiger partial charge in [-0.15, -0.1) is 0 Å². The van der Waals surface area contributed by atoms with Crippen LogP contribution >= 0.6 is 11.3 Å². The molecule has 1 amide bonds. The summed E-state index contributed by atoms with van der Waals surface area (Å²) >= 11 is 1.12. The van der Waals surface area contributed by atoms with Gasteiger partial charge in [0.25, 0.3) is 0 Å². The number of carbonyl (C=O) groups is 1. The van der Waals surface area contributed by atoms with E-state index in [4.69, 9.17) is 10.8 Å². The van der Waals surface area contributed by atoms with Gasteiger partial charge in [-0.3, -0.25) is 25.7 Å². The number of carbonyl (C=O) groups excluding carboxylic acids is 1. The highest BCUT2D eigenvalue weighted by molar-refractivity contribution is 7.15. The summed E-state index contributed by atoms with van der Waals surface area (Å²) in [6, 6.07) is 2.91. The van der Waals surface area contributed by atoms with E-state index in [1.54, 1.807) is 17.9 Å². The van der Waals surface area contributed by atoms with Crippen LogP contribution in [0.4, 0.5) is 5.00 Å². The molecule has 0 aliphatic heterocycles. The summed E-state index contributed by atoms with van der Waals surface area (Å²) in [6.07, 6.45) is 7.07. The van der Waals surface area contributed by atoms with Crippen LogP contribution in [-0.4, -0.2) is 51.9 Å². The van der Waals surface area contributed by atoms with Gasteiger partial charge in [-0.05, 0) is 38.7 Å². The molecule has 0 aromatic carbocycles. The summed E-state index contributed by atoms with van der Waals surface area (Å²) < 4.78 is 0. The van der Waals surface area contributed by atoms with Crippen molar-refractivity contribution in [3.8, 4) is 0 Å². The van der Waals surface area contributed by atoms with Crippen LogP contribution in [0.3, 0.4) is 0 Å². The molecule has 1 aliphatic rings. The standard InChI is InChI=1S/C27H44N6O3S/c1-7-22(32(20(5)28)26(29)18(2)3)17-19(4)31(6)16-15-23(24-13-14-25(37-24)33(35)36)30-27(34)21-11-9-8-10-12-21/h13-14,18,21-23,28-29H,4,7-12,15-17H2,1-3,5-6H3,(H,30,34). The van der Waals surface area contributed by atoms with E-state index in [0.29, 0.717) is 31.1 Å². The zero-order valence-electron chi connectivity index (χ0n) is 23.0. The van der Waals surface area contributed by atoms with Gasteiger partial charge in [0.2, 0.25) is 5.91 Å². The highest BCUT2D eigenvalue weighted by atomic mass is 32.1. The number of thiophene rings is 1. The lowest BCUT2D eigenvalue weighted by Gasteiger charge is -2.36. The summed E-state index contributed by atoms with van der Waals surface area (Å²) in [6.45, 7) is 12.6. The first-order valence-electron chi connectivity index (χ1n) is 13.3. The van der Waals surface area contributed by atoms with Crippen molar-refractivity contribution >= 4 is 33.9 Å². The molecule has 2 unspecified atom stereocenters. The highest BCUT2D eigenvalue weighted by Gasteiger charge is 2.27. The van der Waals surface area contributed by atoms with Crippen LogP contribution in [-0.2, 0) is 4.79 Å². The lowest BCUT2D eigenvalue weighted by molar-refractivity contribution is -0.380. The average molecular weight is 533 g/mol. The Morgan fingerprint density at radius 1 is 1.27 bits per heavy atom. The molecule has 2 rings (SSSR count). The maximum Gasteiger partial charge on any atom is 0.324 e. The van der Waals surface area contributed by atoms with E-state index in [9.17, 15) is 14.9 Å². The molecule has 1 aromatic heterocycles. The third-order valence-corrected chi connectivity index (χ3v) is 8.35. The van der Waals surface area contributed by atoms with Crippen molar-refractivity contribution in [2.75, 3.05) is 13.6 Å². The Balaban J connectivity index is 2.10. The summed E-state index contributed by atoms with van der Waals surface area (Å²) in [5.41, 5.74) is 0.893. The van der Waals surface area contributed by atoms with E-state index < -0.39 is 4.92 Å². The second-order valence-corrected chi connectivity index (χ2v) is 11.5. The smallest absolute Gasteiger partial charge is 0.324 e. The molecule has 0 saturated heterocycles. The fourth-order valence-electron chi connectivity index (χ4n) is 4.82. The Morgan fingerprint density at radius 3 is 2.43 bits per heavy atom. The Hall–Kier alpha value is -2.75. The quantitative estimate of drug-likeness (QED) is 0.118. The number of hydrogen-bond acceptors (Lipinski definition) is 7. The Kier molecular flexibility index (Phi) is 11.7. The summed E-state index contributed by atoms with van der Waals surface area (Å²) in [5, 5.41) is 31.2. The van der Waals surface area contributed by atoms with Gasteiger partial charge in [0.05, 0.1) is 16.8 Å². The third-order valence-electron chi connectivity index (χ3n) is 7.20. The van der Waals surface area contributed by atoms with Crippen LogP contribution in [0.15, 0.2) is 24.4 Å². The maximum atomic E-state index is 13.0. The molecular formula is C27H44N6O3S. The van der Waals surface area contributed by atoms with Gasteiger partial charge in [-0.25, -0.2) is 0 Å². The molecule has 10 heteroatoms. The Labute approximate surface area is 225 Å². The lowest BCUT2D eigenvalue weighted by atomic mass is 9.88. The third kappa shape index (κ3) is 8.66. The maximum absolute atomic E-state index is 13.0. The molecule has 0 bridgehead atoms. The van der Waals surface area contributed by atoms with Crippen molar-refractivity contribution in [3.05, 3.63) is 39.4 Å². The molecule has 0 radical (unpaired) electrons. The molecule has 0 spiro atoms. The van der Waals surface area contributed by atoms with Crippen molar-refractivity contribution in [1.29, 1.82) is 10.8 Å². The van der Waals surface area contributed by atoms with Gasteiger partial charge in [0.15, 0.2) is 0 Å². The molecule has 9 nitrogen and oxygen atoms in total. The topological polar surface area (TPSA) is 126 Å².